The first-order valence-corrected chi connectivity index (χ1v) is 7.41. The standard InChI is InChI=1S/C16H16BrNO3/c1-4-21-16(20)14-13(10(3)19)9(2)18-15(14)11-5-7-12(17)8-6-11/h5-8,18H,4H2,1-3H3. The van der Waals surface area contributed by atoms with Gasteiger partial charge in [-0.25, -0.2) is 4.79 Å². The summed E-state index contributed by atoms with van der Waals surface area (Å²) in [6.45, 7) is 5.23. The van der Waals surface area contributed by atoms with Gasteiger partial charge in [-0.2, -0.15) is 0 Å². The summed E-state index contributed by atoms with van der Waals surface area (Å²) in [6, 6.07) is 7.52. The van der Waals surface area contributed by atoms with Crippen LogP contribution in [0, 0.1) is 6.92 Å². The third kappa shape index (κ3) is 3.08. The second-order valence-corrected chi connectivity index (χ2v) is 5.57. The summed E-state index contributed by atoms with van der Waals surface area (Å²) in [5, 5.41) is 0. The summed E-state index contributed by atoms with van der Waals surface area (Å²) in [6.07, 6.45) is 0. The van der Waals surface area contributed by atoms with Gasteiger partial charge in [0.15, 0.2) is 5.78 Å². The second kappa shape index (κ2) is 6.26. The van der Waals surface area contributed by atoms with E-state index in [-0.39, 0.29) is 12.4 Å². The molecule has 1 aromatic carbocycles. The predicted molar refractivity (Wildman–Crippen MR) is 84.6 cm³/mol. The highest BCUT2D eigenvalue weighted by atomic mass is 79.9. The van der Waals surface area contributed by atoms with Crippen molar-refractivity contribution >= 4 is 27.7 Å². The van der Waals surface area contributed by atoms with E-state index in [4.69, 9.17) is 4.74 Å². The maximum absolute atomic E-state index is 12.2. The number of carbonyl (C=O) groups is 2. The number of Topliss-reactive ketones (excluding diaryl/α,β-unsaturated/α-hetero) is 1. The third-order valence-electron chi connectivity index (χ3n) is 3.15. The normalized spacial score (nSPS) is 10.5. The average molecular weight is 350 g/mol. The molecule has 5 heteroatoms. The van der Waals surface area contributed by atoms with Gasteiger partial charge in [-0.1, -0.05) is 28.1 Å². The zero-order chi connectivity index (χ0) is 15.6. The molecule has 2 aromatic rings. The fourth-order valence-corrected chi connectivity index (χ4v) is 2.57. The number of carbonyl (C=O) groups excluding carboxylic acids is 2. The molecule has 0 spiro atoms. The van der Waals surface area contributed by atoms with Gasteiger partial charge in [0.2, 0.25) is 0 Å². The van der Waals surface area contributed by atoms with E-state index in [1.165, 1.54) is 6.92 Å². The van der Waals surface area contributed by atoms with Crippen LogP contribution in [0.1, 0.15) is 40.3 Å². The summed E-state index contributed by atoms with van der Waals surface area (Å²) < 4.78 is 6.04. The van der Waals surface area contributed by atoms with Crippen LogP contribution in [-0.2, 0) is 4.74 Å². The molecule has 0 aliphatic heterocycles. The number of rotatable bonds is 4. The lowest BCUT2D eigenvalue weighted by atomic mass is 10.0. The van der Waals surface area contributed by atoms with Crippen molar-refractivity contribution in [2.75, 3.05) is 6.61 Å². The number of benzene rings is 1. The van der Waals surface area contributed by atoms with Crippen molar-refractivity contribution in [1.82, 2.24) is 4.98 Å². The second-order valence-electron chi connectivity index (χ2n) is 4.66. The molecule has 0 bridgehead atoms. The summed E-state index contributed by atoms with van der Waals surface area (Å²) in [5.74, 6) is -0.639. The van der Waals surface area contributed by atoms with Gasteiger partial charge in [-0.05, 0) is 38.5 Å². The molecule has 1 heterocycles. The monoisotopic (exact) mass is 349 g/mol. The molecule has 0 saturated carbocycles. The Morgan fingerprint density at radius 2 is 1.81 bits per heavy atom. The largest absolute Gasteiger partial charge is 0.462 e. The highest BCUT2D eigenvalue weighted by Gasteiger charge is 2.25. The predicted octanol–water partition coefficient (Wildman–Crippen LogP) is 4.13. The lowest BCUT2D eigenvalue weighted by Gasteiger charge is -2.06. The van der Waals surface area contributed by atoms with Gasteiger partial charge < -0.3 is 9.72 Å². The number of hydrogen-bond donors (Lipinski definition) is 1. The van der Waals surface area contributed by atoms with Gasteiger partial charge in [-0.15, -0.1) is 0 Å². The van der Waals surface area contributed by atoms with Gasteiger partial charge >= 0.3 is 5.97 Å². The van der Waals surface area contributed by atoms with Crippen LogP contribution in [-0.4, -0.2) is 23.3 Å². The number of hydrogen-bond acceptors (Lipinski definition) is 3. The quantitative estimate of drug-likeness (QED) is 0.666. The number of esters is 1. The SMILES string of the molecule is CCOC(=O)c1c(-c2ccc(Br)cc2)[nH]c(C)c1C(C)=O. The Morgan fingerprint density at radius 3 is 2.33 bits per heavy atom. The van der Waals surface area contributed by atoms with E-state index >= 15 is 0 Å². The average Bonchev–Trinajstić information content (AvgIpc) is 2.77. The summed E-state index contributed by atoms with van der Waals surface area (Å²) in [7, 11) is 0. The Kier molecular flexibility index (Phi) is 4.63. The van der Waals surface area contributed by atoms with Gasteiger partial charge in [0.05, 0.1) is 23.4 Å². The molecule has 1 aromatic heterocycles. The molecule has 21 heavy (non-hydrogen) atoms. The van der Waals surface area contributed by atoms with Crippen molar-refractivity contribution in [3.05, 3.63) is 45.6 Å². The number of H-pyrrole nitrogens is 1. The van der Waals surface area contributed by atoms with Crippen molar-refractivity contribution in [2.45, 2.75) is 20.8 Å². The summed E-state index contributed by atoms with van der Waals surface area (Å²) in [4.78, 5) is 27.2. The van der Waals surface area contributed by atoms with Crippen molar-refractivity contribution in [3.63, 3.8) is 0 Å². The highest BCUT2D eigenvalue weighted by Crippen LogP contribution is 2.30. The van der Waals surface area contributed by atoms with Crippen molar-refractivity contribution in [3.8, 4) is 11.3 Å². The molecule has 0 amide bonds. The molecule has 4 nitrogen and oxygen atoms in total. The van der Waals surface area contributed by atoms with Crippen LogP contribution in [0.15, 0.2) is 28.7 Å². The fraction of sp³-hybridized carbons (Fsp3) is 0.250. The number of nitrogens with one attached hydrogen (secondary N) is 1. The van der Waals surface area contributed by atoms with Gasteiger partial charge in [0.25, 0.3) is 0 Å². The van der Waals surface area contributed by atoms with Crippen LogP contribution in [0.3, 0.4) is 0 Å². The lowest BCUT2D eigenvalue weighted by molar-refractivity contribution is 0.0524. The fourth-order valence-electron chi connectivity index (χ4n) is 2.31. The minimum absolute atomic E-state index is 0.157. The molecular weight excluding hydrogens is 334 g/mol. The molecular formula is C16H16BrNO3. The molecule has 0 saturated heterocycles. The molecule has 0 radical (unpaired) electrons. The van der Waals surface area contributed by atoms with E-state index in [1.54, 1.807) is 13.8 Å². The minimum atomic E-state index is -0.482. The number of aryl methyl sites for hydroxylation is 1. The number of ketones is 1. The Bertz CT molecular complexity index is 686. The molecule has 1 N–H and O–H groups in total. The van der Waals surface area contributed by atoms with Gasteiger partial charge in [-0.3, -0.25) is 4.79 Å². The Balaban J connectivity index is 2.65. The lowest BCUT2D eigenvalue weighted by Crippen LogP contribution is -2.10. The molecule has 0 fully saturated rings. The van der Waals surface area contributed by atoms with Crippen molar-refractivity contribution in [1.29, 1.82) is 0 Å². The molecule has 0 aliphatic carbocycles. The maximum Gasteiger partial charge on any atom is 0.341 e. The minimum Gasteiger partial charge on any atom is -0.462 e. The highest BCUT2D eigenvalue weighted by molar-refractivity contribution is 9.10. The third-order valence-corrected chi connectivity index (χ3v) is 3.68. The molecule has 2 rings (SSSR count). The molecule has 0 aliphatic rings. The van der Waals surface area contributed by atoms with E-state index in [9.17, 15) is 9.59 Å². The maximum atomic E-state index is 12.2. The smallest absolute Gasteiger partial charge is 0.341 e. The van der Waals surface area contributed by atoms with E-state index in [0.29, 0.717) is 22.5 Å². The van der Waals surface area contributed by atoms with E-state index in [0.717, 1.165) is 10.0 Å². The Hall–Kier alpha value is -1.88. The van der Waals surface area contributed by atoms with Crippen LogP contribution in [0.4, 0.5) is 0 Å². The number of aromatic amines is 1. The number of ether oxygens (including phenoxy) is 1. The number of halogens is 1. The Morgan fingerprint density at radius 1 is 1.19 bits per heavy atom. The van der Waals surface area contributed by atoms with E-state index < -0.39 is 5.97 Å². The first kappa shape index (κ1) is 15.5. The zero-order valence-electron chi connectivity index (χ0n) is 12.1. The van der Waals surface area contributed by atoms with Crippen molar-refractivity contribution < 1.29 is 14.3 Å². The van der Waals surface area contributed by atoms with Crippen LogP contribution < -0.4 is 0 Å². The number of aromatic nitrogens is 1. The first-order chi connectivity index (χ1) is 9.95. The van der Waals surface area contributed by atoms with Gasteiger partial charge in [0.1, 0.15) is 0 Å². The van der Waals surface area contributed by atoms with Crippen LogP contribution >= 0.6 is 15.9 Å². The molecule has 0 atom stereocenters. The van der Waals surface area contributed by atoms with Crippen molar-refractivity contribution in [2.24, 2.45) is 0 Å². The van der Waals surface area contributed by atoms with Crippen LogP contribution in [0.25, 0.3) is 11.3 Å². The zero-order valence-corrected chi connectivity index (χ0v) is 13.7. The summed E-state index contributed by atoms with van der Waals surface area (Å²) in [5.41, 5.74) is 2.82. The van der Waals surface area contributed by atoms with E-state index in [2.05, 4.69) is 20.9 Å². The Labute approximate surface area is 131 Å². The first-order valence-electron chi connectivity index (χ1n) is 6.62. The molecule has 0 unspecified atom stereocenters. The van der Waals surface area contributed by atoms with Crippen LogP contribution in [0.2, 0.25) is 0 Å². The molecule has 110 valence electrons. The topological polar surface area (TPSA) is 59.2 Å². The van der Waals surface area contributed by atoms with Crippen LogP contribution in [0.5, 0.6) is 0 Å². The van der Waals surface area contributed by atoms with E-state index in [1.807, 2.05) is 24.3 Å². The van der Waals surface area contributed by atoms with Gasteiger partial charge in [0, 0.05) is 10.2 Å². The summed E-state index contributed by atoms with van der Waals surface area (Å²) >= 11 is 3.38.